The molecule has 0 bridgehead atoms. The van der Waals surface area contributed by atoms with Gasteiger partial charge in [0, 0.05) is 30.7 Å². The number of anilines is 1. The second-order valence-electron chi connectivity index (χ2n) is 7.50. The maximum absolute atomic E-state index is 13.3. The molecule has 7 nitrogen and oxygen atoms in total. The average Bonchev–Trinajstić information content (AvgIpc) is 3.49. The molecule has 0 atom stereocenters. The molecule has 0 aliphatic carbocycles. The van der Waals surface area contributed by atoms with Crippen molar-refractivity contribution >= 4 is 17.5 Å². The number of hydrogen-bond acceptors (Lipinski definition) is 3. The molecule has 34 heavy (non-hydrogen) atoms. The van der Waals surface area contributed by atoms with Crippen molar-refractivity contribution in [1.82, 2.24) is 19.7 Å². The van der Waals surface area contributed by atoms with E-state index in [-0.39, 0.29) is 23.0 Å². The Morgan fingerprint density at radius 3 is 2.38 bits per heavy atom. The van der Waals surface area contributed by atoms with Gasteiger partial charge in [-0.1, -0.05) is 12.1 Å². The predicted octanol–water partition coefficient (Wildman–Crippen LogP) is 4.60. The lowest BCUT2D eigenvalue weighted by Gasteiger charge is -2.14. The number of carbonyl (C=O) groups excluding carboxylic acids is 2. The summed E-state index contributed by atoms with van der Waals surface area (Å²) in [6.45, 7) is 1.78. The number of nitrogens with one attached hydrogen (secondary N) is 2. The van der Waals surface area contributed by atoms with Gasteiger partial charge in [0.1, 0.15) is 5.56 Å². The molecule has 0 aliphatic rings. The highest BCUT2D eigenvalue weighted by Gasteiger charge is 2.31. The Bertz CT molecular complexity index is 1360. The van der Waals surface area contributed by atoms with Gasteiger partial charge in [0.2, 0.25) is 0 Å². The minimum absolute atomic E-state index is 0.137. The predicted molar refractivity (Wildman–Crippen MR) is 120 cm³/mol. The number of benzene rings is 2. The van der Waals surface area contributed by atoms with Gasteiger partial charge < -0.3 is 15.2 Å². The lowest BCUT2D eigenvalue weighted by Crippen LogP contribution is -2.19. The van der Waals surface area contributed by atoms with E-state index in [1.54, 1.807) is 54.2 Å². The molecule has 0 spiro atoms. The molecule has 4 rings (SSSR count). The van der Waals surface area contributed by atoms with Crippen LogP contribution in [0.15, 0.2) is 73.2 Å². The van der Waals surface area contributed by atoms with Gasteiger partial charge in [0.25, 0.3) is 11.8 Å². The molecular formula is C24H20F3N5O2. The average molecular weight is 467 g/mol. The fraction of sp³-hybridized carbons (Fsp3) is 0.125. The largest absolute Gasteiger partial charge is 0.416 e. The summed E-state index contributed by atoms with van der Waals surface area (Å²) in [7, 11) is 1.51. The van der Waals surface area contributed by atoms with Crippen LogP contribution in [0.5, 0.6) is 0 Å². The molecule has 2 aromatic heterocycles. The summed E-state index contributed by atoms with van der Waals surface area (Å²) >= 11 is 0. The van der Waals surface area contributed by atoms with Crippen molar-refractivity contribution in [3.05, 3.63) is 95.4 Å². The standard InChI is InChI=1S/C24H20F3N5O2/c1-15-8-9-16(21(33)28-2)12-20(15)30-22(34)19-14-29-32(23(19)31-10-3-4-11-31)18-7-5-6-17(13-18)24(25,26)27/h3-14H,1-2H3,(H,28,33)(H,30,34). The summed E-state index contributed by atoms with van der Waals surface area (Å²) in [5.74, 6) is -0.568. The van der Waals surface area contributed by atoms with Crippen LogP contribution < -0.4 is 10.6 Å². The van der Waals surface area contributed by atoms with E-state index in [9.17, 15) is 22.8 Å². The number of halogens is 3. The van der Waals surface area contributed by atoms with Gasteiger partial charge in [0.15, 0.2) is 5.82 Å². The zero-order chi connectivity index (χ0) is 24.5. The van der Waals surface area contributed by atoms with Gasteiger partial charge >= 0.3 is 6.18 Å². The zero-order valence-corrected chi connectivity index (χ0v) is 18.2. The van der Waals surface area contributed by atoms with Gasteiger partial charge in [-0.2, -0.15) is 18.3 Å². The molecule has 2 N–H and O–H groups in total. The van der Waals surface area contributed by atoms with Crippen LogP contribution in [-0.2, 0) is 6.18 Å². The van der Waals surface area contributed by atoms with Crippen LogP contribution in [0.2, 0.25) is 0 Å². The summed E-state index contributed by atoms with van der Waals surface area (Å²) in [6, 6.07) is 13.1. The summed E-state index contributed by atoms with van der Waals surface area (Å²) in [4.78, 5) is 25.2. The molecule has 0 saturated carbocycles. The van der Waals surface area contributed by atoms with Crippen molar-refractivity contribution in [2.75, 3.05) is 12.4 Å². The highest BCUT2D eigenvalue weighted by molar-refractivity contribution is 6.07. The van der Waals surface area contributed by atoms with Crippen LogP contribution in [0.25, 0.3) is 11.5 Å². The van der Waals surface area contributed by atoms with Crippen molar-refractivity contribution in [3.8, 4) is 11.5 Å². The number of alkyl halides is 3. The van der Waals surface area contributed by atoms with Crippen molar-refractivity contribution in [2.45, 2.75) is 13.1 Å². The third-order valence-electron chi connectivity index (χ3n) is 5.23. The highest BCUT2D eigenvalue weighted by Crippen LogP contribution is 2.31. The Morgan fingerprint density at radius 1 is 0.971 bits per heavy atom. The zero-order valence-electron chi connectivity index (χ0n) is 18.2. The van der Waals surface area contributed by atoms with E-state index >= 15 is 0 Å². The lowest BCUT2D eigenvalue weighted by molar-refractivity contribution is -0.137. The maximum atomic E-state index is 13.3. The first kappa shape index (κ1) is 22.8. The monoisotopic (exact) mass is 467 g/mol. The van der Waals surface area contributed by atoms with Crippen molar-refractivity contribution in [3.63, 3.8) is 0 Å². The van der Waals surface area contributed by atoms with Gasteiger partial charge in [-0.15, -0.1) is 0 Å². The van der Waals surface area contributed by atoms with Crippen LogP contribution in [0.3, 0.4) is 0 Å². The first-order valence-corrected chi connectivity index (χ1v) is 10.2. The summed E-state index contributed by atoms with van der Waals surface area (Å²) < 4.78 is 42.6. The van der Waals surface area contributed by atoms with Crippen LogP contribution in [-0.4, -0.2) is 33.2 Å². The van der Waals surface area contributed by atoms with Gasteiger partial charge in [-0.05, 0) is 55.0 Å². The van der Waals surface area contributed by atoms with Crippen LogP contribution in [0, 0.1) is 6.92 Å². The molecule has 0 fully saturated rings. The van der Waals surface area contributed by atoms with Gasteiger partial charge in [0.05, 0.1) is 17.4 Å². The number of carbonyl (C=O) groups is 2. The Labute approximate surface area is 192 Å². The van der Waals surface area contributed by atoms with Gasteiger partial charge in [-0.25, -0.2) is 4.68 Å². The molecule has 0 saturated heterocycles. The Balaban J connectivity index is 1.77. The van der Waals surface area contributed by atoms with E-state index in [0.29, 0.717) is 11.3 Å². The van der Waals surface area contributed by atoms with Crippen LogP contribution in [0.4, 0.5) is 18.9 Å². The molecule has 2 heterocycles. The van der Waals surface area contributed by atoms with E-state index < -0.39 is 17.6 Å². The quantitative estimate of drug-likeness (QED) is 0.450. The lowest BCUT2D eigenvalue weighted by atomic mass is 10.1. The van der Waals surface area contributed by atoms with Crippen LogP contribution >= 0.6 is 0 Å². The Kier molecular flexibility index (Phi) is 5.97. The number of aromatic nitrogens is 3. The minimum Gasteiger partial charge on any atom is -0.355 e. The van der Waals surface area contributed by atoms with Gasteiger partial charge in [-0.3, -0.25) is 9.59 Å². The van der Waals surface area contributed by atoms with E-state index in [0.717, 1.165) is 17.7 Å². The third-order valence-corrected chi connectivity index (χ3v) is 5.23. The smallest absolute Gasteiger partial charge is 0.355 e. The summed E-state index contributed by atoms with van der Waals surface area (Å²) in [5, 5.41) is 9.53. The summed E-state index contributed by atoms with van der Waals surface area (Å²) in [5.41, 5.74) is 0.985. The first-order valence-electron chi connectivity index (χ1n) is 10.2. The number of rotatable bonds is 5. The molecule has 0 aliphatic heterocycles. The second-order valence-corrected chi connectivity index (χ2v) is 7.50. The maximum Gasteiger partial charge on any atom is 0.416 e. The molecular weight excluding hydrogens is 447 g/mol. The SMILES string of the molecule is CNC(=O)c1ccc(C)c(NC(=O)c2cnn(-c3cccc(C(F)(F)F)c3)c2-n2cccc2)c1. The fourth-order valence-corrected chi connectivity index (χ4v) is 3.46. The van der Waals surface area contributed by atoms with E-state index in [4.69, 9.17) is 0 Å². The number of hydrogen-bond donors (Lipinski definition) is 2. The van der Waals surface area contributed by atoms with E-state index in [1.807, 2.05) is 0 Å². The molecule has 2 aromatic carbocycles. The molecule has 174 valence electrons. The van der Waals surface area contributed by atoms with Crippen LogP contribution in [0.1, 0.15) is 31.8 Å². The van der Waals surface area contributed by atoms with Crippen molar-refractivity contribution < 1.29 is 22.8 Å². The Morgan fingerprint density at radius 2 is 1.71 bits per heavy atom. The van der Waals surface area contributed by atoms with Crippen molar-refractivity contribution in [1.29, 1.82) is 0 Å². The topological polar surface area (TPSA) is 81.0 Å². The summed E-state index contributed by atoms with van der Waals surface area (Å²) in [6.07, 6.45) is 0.0951. The fourth-order valence-electron chi connectivity index (χ4n) is 3.46. The molecule has 10 heteroatoms. The number of amides is 2. The van der Waals surface area contributed by atoms with Crippen molar-refractivity contribution in [2.24, 2.45) is 0 Å². The Hall–Kier alpha value is -4.34. The van der Waals surface area contributed by atoms with E-state index in [2.05, 4.69) is 15.7 Å². The first-order chi connectivity index (χ1) is 16.2. The normalized spacial score (nSPS) is 11.3. The number of nitrogens with zero attached hydrogens (tertiary/aromatic N) is 3. The molecule has 4 aromatic rings. The van der Waals surface area contributed by atoms with E-state index in [1.165, 1.54) is 30.1 Å². The minimum atomic E-state index is -4.52. The number of aryl methyl sites for hydroxylation is 1. The molecule has 0 unspecified atom stereocenters. The third kappa shape index (κ3) is 4.42. The molecule has 0 radical (unpaired) electrons. The molecule has 2 amide bonds. The second kappa shape index (κ2) is 8.89. The highest BCUT2D eigenvalue weighted by atomic mass is 19.4.